The highest BCUT2D eigenvalue weighted by Crippen LogP contribution is 2.19. The Morgan fingerprint density at radius 1 is 0.897 bits per heavy atom. The number of rotatable bonds is 9. The highest BCUT2D eigenvalue weighted by molar-refractivity contribution is 5.76. The smallest absolute Gasteiger partial charge is 0.273 e. The largest absolute Gasteiger partial charge is 0.489 e. The normalized spacial score (nSPS) is 13.8. The van der Waals surface area contributed by atoms with Gasteiger partial charge in [0.2, 0.25) is 5.91 Å². The Kier molecular flexibility index (Phi) is 8.38. The van der Waals surface area contributed by atoms with E-state index in [1.165, 1.54) is 17.7 Å². The lowest BCUT2D eigenvalue weighted by Gasteiger charge is -2.34. The number of benzene rings is 3. The number of hydrogen-bond donors (Lipinski definition) is 1. The van der Waals surface area contributed by atoms with Crippen LogP contribution in [0.4, 0.5) is 4.39 Å². The number of aryl methyl sites for hydroxylation is 1. The van der Waals surface area contributed by atoms with E-state index in [0.717, 1.165) is 25.2 Å². The van der Waals surface area contributed by atoms with E-state index in [9.17, 15) is 14.0 Å². The Bertz CT molecular complexity index is 1450. The number of nitrogens with zero attached hydrogens (tertiary/aromatic N) is 4. The molecule has 1 amide bonds. The highest BCUT2D eigenvalue weighted by Gasteiger charge is 2.21. The molecule has 1 fully saturated rings. The fourth-order valence-electron chi connectivity index (χ4n) is 4.54. The van der Waals surface area contributed by atoms with E-state index in [-0.39, 0.29) is 42.4 Å². The lowest BCUT2D eigenvalue weighted by molar-refractivity contribution is -0.133. The van der Waals surface area contributed by atoms with Crippen molar-refractivity contribution in [1.82, 2.24) is 25.0 Å². The van der Waals surface area contributed by atoms with Crippen LogP contribution in [-0.2, 0) is 24.4 Å². The fourth-order valence-corrected chi connectivity index (χ4v) is 4.54. The predicted molar refractivity (Wildman–Crippen MR) is 145 cm³/mol. The van der Waals surface area contributed by atoms with Gasteiger partial charge in [-0.05, 0) is 47.5 Å². The van der Waals surface area contributed by atoms with E-state index in [1.807, 2.05) is 23.1 Å². The number of ether oxygens (including phenoxy) is 1. The molecule has 0 saturated carbocycles. The van der Waals surface area contributed by atoms with Gasteiger partial charge in [-0.2, -0.15) is 0 Å². The van der Waals surface area contributed by atoms with Crippen molar-refractivity contribution in [2.24, 2.45) is 0 Å². The van der Waals surface area contributed by atoms with Crippen molar-refractivity contribution in [3.8, 4) is 17.1 Å². The predicted octanol–water partition coefficient (Wildman–Crippen LogP) is 3.83. The van der Waals surface area contributed by atoms with Crippen LogP contribution in [0.5, 0.6) is 5.75 Å². The molecule has 1 aliphatic rings. The molecule has 1 aromatic heterocycles. The Labute approximate surface area is 226 Å². The van der Waals surface area contributed by atoms with Crippen LogP contribution in [0.15, 0.2) is 83.7 Å². The van der Waals surface area contributed by atoms with Crippen molar-refractivity contribution in [1.29, 1.82) is 0 Å². The van der Waals surface area contributed by atoms with Gasteiger partial charge in [0.1, 0.15) is 23.9 Å². The molecule has 39 heavy (non-hydrogen) atoms. The van der Waals surface area contributed by atoms with E-state index in [1.54, 1.807) is 36.4 Å². The number of amides is 1. The summed E-state index contributed by atoms with van der Waals surface area (Å²) < 4.78 is 19.0. The van der Waals surface area contributed by atoms with E-state index in [4.69, 9.17) is 4.74 Å². The quantitative estimate of drug-likeness (QED) is 0.356. The minimum atomic E-state index is -0.355. The molecule has 0 spiro atoms. The molecule has 0 unspecified atom stereocenters. The van der Waals surface area contributed by atoms with Gasteiger partial charge in [0, 0.05) is 51.1 Å². The third-order valence-electron chi connectivity index (χ3n) is 6.74. The van der Waals surface area contributed by atoms with E-state index in [2.05, 4.69) is 32.2 Å². The summed E-state index contributed by atoms with van der Waals surface area (Å²) in [5.41, 5.74) is 2.56. The molecule has 4 aromatic rings. The zero-order chi connectivity index (χ0) is 27.0. The highest BCUT2D eigenvalue weighted by atomic mass is 19.1. The first-order chi connectivity index (χ1) is 19.0. The Morgan fingerprint density at radius 3 is 2.36 bits per heavy atom. The summed E-state index contributed by atoms with van der Waals surface area (Å²) in [6, 6.07) is 23.6. The molecule has 5 rings (SSSR count). The lowest BCUT2D eigenvalue weighted by atomic mass is 10.1. The zero-order valence-electron chi connectivity index (χ0n) is 21.6. The zero-order valence-corrected chi connectivity index (χ0v) is 21.6. The van der Waals surface area contributed by atoms with Gasteiger partial charge in [-0.3, -0.25) is 14.5 Å². The summed E-state index contributed by atoms with van der Waals surface area (Å²) >= 11 is 0. The molecule has 2 heterocycles. The fraction of sp³-hybridized carbons (Fsp3) is 0.267. The van der Waals surface area contributed by atoms with E-state index in [0.29, 0.717) is 30.2 Å². The van der Waals surface area contributed by atoms with Gasteiger partial charge in [-0.15, -0.1) is 10.2 Å². The molecule has 1 N–H and O–H groups in total. The second kappa shape index (κ2) is 12.4. The summed E-state index contributed by atoms with van der Waals surface area (Å²) in [7, 11) is 0. The van der Waals surface area contributed by atoms with Crippen LogP contribution >= 0.6 is 0 Å². The van der Waals surface area contributed by atoms with Gasteiger partial charge in [-0.1, -0.05) is 42.5 Å². The maximum absolute atomic E-state index is 13.3. The number of piperazine rings is 1. The van der Waals surface area contributed by atoms with Gasteiger partial charge in [0.05, 0.1) is 0 Å². The Balaban J connectivity index is 1.10. The minimum Gasteiger partial charge on any atom is -0.489 e. The summed E-state index contributed by atoms with van der Waals surface area (Å²) in [6.45, 7) is 4.12. The van der Waals surface area contributed by atoms with Crippen molar-refractivity contribution in [3.63, 3.8) is 0 Å². The Morgan fingerprint density at radius 2 is 1.64 bits per heavy atom. The number of carbonyl (C=O) groups excluding carboxylic acids is 1. The van der Waals surface area contributed by atoms with Crippen LogP contribution in [0.3, 0.4) is 0 Å². The number of nitrogens with one attached hydrogen (secondary N) is 1. The number of aromatic nitrogens is 3. The average molecular weight is 528 g/mol. The molecular formula is C30H30FN5O3. The maximum atomic E-state index is 13.3. The van der Waals surface area contributed by atoms with Crippen molar-refractivity contribution in [2.45, 2.75) is 26.0 Å². The van der Waals surface area contributed by atoms with Gasteiger partial charge in [-0.25, -0.2) is 4.39 Å². The van der Waals surface area contributed by atoms with Crippen molar-refractivity contribution in [2.75, 3.05) is 26.2 Å². The van der Waals surface area contributed by atoms with E-state index < -0.39 is 0 Å². The van der Waals surface area contributed by atoms with Crippen LogP contribution < -0.4 is 10.3 Å². The molecule has 3 aromatic carbocycles. The summed E-state index contributed by atoms with van der Waals surface area (Å²) in [4.78, 5) is 32.3. The molecule has 200 valence electrons. The summed E-state index contributed by atoms with van der Waals surface area (Å²) in [5.74, 6) is 0.656. The van der Waals surface area contributed by atoms with Crippen LogP contribution in [0.1, 0.15) is 23.2 Å². The number of carbonyl (C=O) groups is 1. The third kappa shape index (κ3) is 7.14. The number of H-pyrrole nitrogens is 1. The van der Waals surface area contributed by atoms with Crippen LogP contribution in [0.2, 0.25) is 0 Å². The lowest BCUT2D eigenvalue weighted by Crippen LogP contribution is -2.48. The standard InChI is InChI=1S/C30H30FN5O3/c31-25-8-4-7-23(19-25)21-39-26-11-9-24(10-12-26)29-32-30(38)27(33-34-29)13-14-28(37)36-17-15-35(16-18-36)20-22-5-2-1-3-6-22/h1-12,19H,13-18,20-21H2,(H,32,34,38). The average Bonchev–Trinajstić information content (AvgIpc) is 2.96. The second-order valence-electron chi connectivity index (χ2n) is 9.53. The first kappa shape index (κ1) is 26.2. The van der Waals surface area contributed by atoms with Gasteiger partial charge >= 0.3 is 0 Å². The minimum absolute atomic E-state index is 0.0217. The van der Waals surface area contributed by atoms with Crippen molar-refractivity contribution >= 4 is 5.91 Å². The molecule has 0 radical (unpaired) electrons. The second-order valence-corrected chi connectivity index (χ2v) is 9.53. The molecule has 8 nitrogen and oxygen atoms in total. The van der Waals surface area contributed by atoms with Crippen LogP contribution in [-0.4, -0.2) is 57.1 Å². The van der Waals surface area contributed by atoms with Gasteiger partial charge in [0.25, 0.3) is 5.56 Å². The molecule has 0 aliphatic carbocycles. The summed E-state index contributed by atoms with van der Waals surface area (Å²) in [6.07, 6.45) is 0.450. The summed E-state index contributed by atoms with van der Waals surface area (Å²) in [5, 5.41) is 8.26. The van der Waals surface area contributed by atoms with Crippen LogP contribution in [0.25, 0.3) is 11.4 Å². The van der Waals surface area contributed by atoms with Crippen molar-refractivity contribution in [3.05, 3.63) is 112 Å². The monoisotopic (exact) mass is 527 g/mol. The topological polar surface area (TPSA) is 91.4 Å². The van der Waals surface area contributed by atoms with Gasteiger partial charge in [0.15, 0.2) is 5.82 Å². The number of halogens is 1. The number of aromatic amines is 1. The SMILES string of the molecule is O=C(CCc1nnc(-c2ccc(OCc3cccc(F)c3)cc2)[nH]c1=O)N1CCN(Cc2ccccc2)CC1. The third-order valence-corrected chi connectivity index (χ3v) is 6.74. The van der Waals surface area contributed by atoms with Crippen LogP contribution in [0, 0.1) is 5.82 Å². The maximum Gasteiger partial charge on any atom is 0.273 e. The molecule has 0 bridgehead atoms. The molecular weight excluding hydrogens is 497 g/mol. The first-order valence-corrected chi connectivity index (χ1v) is 13.0. The van der Waals surface area contributed by atoms with Crippen molar-refractivity contribution < 1.29 is 13.9 Å². The number of hydrogen-bond acceptors (Lipinski definition) is 6. The molecule has 1 aliphatic heterocycles. The Hall–Kier alpha value is -4.37. The molecule has 1 saturated heterocycles. The first-order valence-electron chi connectivity index (χ1n) is 13.0. The van der Waals surface area contributed by atoms with Gasteiger partial charge < -0.3 is 14.6 Å². The van der Waals surface area contributed by atoms with E-state index >= 15 is 0 Å². The molecule has 0 atom stereocenters. The molecule has 9 heteroatoms.